The summed E-state index contributed by atoms with van der Waals surface area (Å²) in [5, 5.41) is 0. The summed E-state index contributed by atoms with van der Waals surface area (Å²) in [5.41, 5.74) is 0. The highest BCUT2D eigenvalue weighted by molar-refractivity contribution is 6.05. The van der Waals surface area contributed by atoms with Crippen LogP contribution >= 0.6 is 0 Å². The van der Waals surface area contributed by atoms with Gasteiger partial charge in [0.15, 0.2) is 0 Å². The van der Waals surface area contributed by atoms with Crippen LogP contribution in [0.1, 0.15) is 0 Å². The van der Waals surface area contributed by atoms with E-state index in [-0.39, 0.29) is 0 Å². The molecule has 0 bridgehead atoms. The van der Waals surface area contributed by atoms with E-state index in [4.69, 9.17) is 4.74 Å². The summed E-state index contributed by atoms with van der Waals surface area (Å²) in [6.07, 6.45) is 3.57. The van der Waals surface area contributed by atoms with Crippen molar-refractivity contribution in [1.82, 2.24) is 4.81 Å². The van der Waals surface area contributed by atoms with Crippen LogP contribution in [0.5, 0.6) is 0 Å². The largest absolute Gasteiger partial charge is 0.480 e. The summed E-state index contributed by atoms with van der Waals surface area (Å²) in [7, 11) is 1.96. The maximum atomic E-state index is 4.80. The Balaban J connectivity index is 2.38. The molecule has 0 aliphatic carbocycles. The summed E-state index contributed by atoms with van der Waals surface area (Å²) in [6.45, 7) is 0.708. The second kappa shape index (κ2) is 1.24. The lowest BCUT2D eigenvalue weighted by Gasteiger charge is -2.01. The van der Waals surface area contributed by atoms with Crippen LogP contribution in [0, 0.1) is 0 Å². The summed E-state index contributed by atoms with van der Waals surface area (Å²) in [5.74, 6) is 0. The van der Waals surface area contributed by atoms with Gasteiger partial charge in [-0.3, -0.25) is 0 Å². The van der Waals surface area contributed by atoms with E-state index in [2.05, 4.69) is 0 Å². The van der Waals surface area contributed by atoms with E-state index < -0.39 is 0 Å². The van der Waals surface area contributed by atoms with Crippen molar-refractivity contribution in [3.63, 3.8) is 0 Å². The molecule has 0 amide bonds. The van der Waals surface area contributed by atoms with Crippen molar-refractivity contribution < 1.29 is 4.74 Å². The van der Waals surface area contributed by atoms with Crippen LogP contribution in [0.3, 0.4) is 0 Å². The third-order valence-electron chi connectivity index (χ3n) is 0.690. The molecule has 0 radical (unpaired) electrons. The van der Waals surface area contributed by atoms with Crippen LogP contribution in [-0.2, 0) is 4.74 Å². The molecule has 0 spiro atoms. The number of hydrogen-bond acceptors (Lipinski definition) is 2. The number of rotatable bonds is 0. The van der Waals surface area contributed by atoms with Gasteiger partial charge in [-0.05, 0) is 0 Å². The van der Waals surface area contributed by atoms with Crippen molar-refractivity contribution in [2.45, 2.75) is 0 Å². The molecule has 6 heavy (non-hydrogen) atoms. The Kier molecular flexibility index (Phi) is 0.745. The Morgan fingerprint density at radius 3 is 2.83 bits per heavy atom. The fraction of sp³-hybridized carbons (Fsp3) is 0.333. The number of nitrogens with zero attached hydrogens (tertiary/aromatic N) is 1. The van der Waals surface area contributed by atoms with Gasteiger partial charge in [-0.15, -0.1) is 0 Å². The highest BCUT2D eigenvalue weighted by Crippen LogP contribution is 1.92. The van der Waals surface area contributed by atoms with E-state index in [0.29, 0.717) is 6.73 Å². The van der Waals surface area contributed by atoms with E-state index in [1.54, 1.807) is 6.26 Å². The Morgan fingerprint density at radius 1 is 1.83 bits per heavy atom. The van der Waals surface area contributed by atoms with Crippen molar-refractivity contribution >= 4 is 7.98 Å². The lowest BCUT2D eigenvalue weighted by Crippen LogP contribution is -2.08. The van der Waals surface area contributed by atoms with Gasteiger partial charge in [0.1, 0.15) is 13.0 Å². The molecule has 3 heteroatoms. The number of ether oxygens (including phenoxy) is 1. The highest BCUT2D eigenvalue weighted by Gasteiger charge is 1.92. The third kappa shape index (κ3) is 0.480. The van der Waals surface area contributed by atoms with Gasteiger partial charge in [0.05, 0.1) is 0 Å². The lowest BCUT2D eigenvalue weighted by atomic mass is 10.4. The minimum absolute atomic E-state index is 0.708. The summed E-state index contributed by atoms with van der Waals surface area (Å²) in [6, 6.07) is 0. The first-order valence-corrected chi connectivity index (χ1v) is 1.88. The predicted molar refractivity (Wildman–Crippen MR) is 25.5 cm³/mol. The molecular formula is C3H6BNO. The summed E-state index contributed by atoms with van der Waals surface area (Å²) < 4.78 is 4.80. The smallest absolute Gasteiger partial charge is 0.221 e. The maximum absolute atomic E-state index is 4.80. The maximum Gasteiger partial charge on any atom is 0.221 e. The molecule has 2 nitrogen and oxygen atoms in total. The molecule has 1 heterocycles. The lowest BCUT2D eigenvalue weighted by molar-refractivity contribution is 0.224. The van der Waals surface area contributed by atoms with Crippen LogP contribution in [0.25, 0.3) is 0 Å². The molecule has 32 valence electrons. The Morgan fingerprint density at radius 2 is 2.67 bits per heavy atom. The molecule has 0 fully saturated rings. The van der Waals surface area contributed by atoms with Gasteiger partial charge in [-0.25, -0.2) is 0 Å². The molecular weight excluding hydrogens is 76.9 g/mol. The zero-order valence-corrected chi connectivity index (χ0v) is 3.72. The van der Waals surface area contributed by atoms with E-state index in [0.717, 1.165) is 0 Å². The minimum atomic E-state index is 0.708. The Hall–Kier alpha value is -0.595. The van der Waals surface area contributed by atoms with Crippen LogP contribution in [0.2, 0.25) is 0 Å². The van der Waals surface area contributed by atoms with Gasteiger partial charge >= 0.3 is 0 Å². The average Bonchev–Trinajstić information content (AvgIpc) is 1.86. The zero-order chi connectivity index (χ0) is 4.41. The van der Waals surface area contributed by atoms with Gasteiger partial charge in [0, 0.05) is 6.20 Å². The molecule has 0 saturated heterocycles. The fourth-order valence-corrected chi connectivity index (χ4v) is 0.351. The molecule has 0 aromatic rings. The van der Waals surface area contributed by atoms with Crippen LogP contribution in [0.4, 0.5) is 0 Å². The van der Waals surface area contributed by atoms with Crippen LogP contribution in [0.15, 0.2) is 12.5 Å². The minimum Gasteiger partial charge on any atom is -0.480 e. The Bertz CT molecular complexity index is 73.2. The first kappa shape index (κ1) is 3.59. The second-order valence-corrected chi connectivity index (χ2v) is 1.34. The SMILES string of the molecule is BN1C=COC1. The topological polar surface area (TPSA) is 12.5 Å². The number of hydrogen-bond donors (Lipinski definition) is 0. The standard InChI is InChI=1S/C3H6BNO/c4-5-1-2-6-3-5/h1-2H,3-4H2. The monoisotopic (exact) mass is 83.1 g/mol. The molecule has 0 aromatic carbocycles. The van der Waals surface area contributed by atoms with E-state index in [1.807, 2.05) is 19.0 Å². The first-order chi connectivity index (χ1) is 2.89. The summed E-state index contributed by atoms with van der Waals surface area (Å²) in [4.78, 5) is 1.96. The van der Waals surface area contributed by atoms with Crippen molar-refractivity contribution in [2.24, 2.45) is 0 Å². The van der Waals surface area contributed by atoms with Crippen molar-refractivity contribution in [3.05, 3.63) is 12.5 Å². The molecule has 0 N–H and O–H groups in total. The van der Waals surface area contributed by atoms with Crippen molar-refractivity contribution in [2.75, 3.05) is 6.73 Å². The van der Waals surface area contributed by atoms with Crippen LogP contribution < -0.4 is 0 Å². The van der Waals surface area contributed by atoms with Crippen molar-refractivity contribution in [1.29, 1.82) is 0 Å². The van der Waals surface area contributed by atoms with Gasteiger partial charge < -0.3 is 9.55 Å². The Labute approximate surface area is 37.8 Å². The van der Waals surface area contributed by atoms with Gasteiger partial charge in [0.2, 0.25) is 7.98 Å². The molecule has 0 atom stereocenters. The van der Waals surface area contributed by atoms with Crippen molar-refractivity contribution in [3.8, 4) is 0 Å². The highest BCUT2D eigenvalue weighted by atomic mass is 16.5. The first-order valence-electron chi connectivity index (χ1n) is 1.88. The van der Waals surface area contributed by atoms with E-state index in [9.17, 15) is 0 Å². The third-order valence-corrected chi connectivity index (χ3v) is 0.690. The average molecular weight is 82.9 g/mol. The molecule has 0 aromatic heterocycles. The molecule has 0 saturated carbocycles. The van der Waals surface area contributed by atoms with E-state index >= 15 is 0 Å². The molecule has 0 unspecified atom stereocenters. The van der Waals surface area contributed by atoms with Crippen LogP contribution in [-0.4, -0.2) is 19.5 Å². The van der Waals surface area contributed by atoms with Gasteiger partial charge in [0.25, 0.3) is 0 Å². The van der Waals surface area contributed by atoms with Gasteiger partial charge in [-0.1, -0.05) is 0 Å². The zero-order valence-electron chi connectivity index (χ0n) is 3.72. The second-order valence-electron chi connectivity index (χ2n) is 1.34. The fourth-order valence-electron chi connectivity index (χ4n) is 0.351. The molecule has 1 rings (SSSR count). The van der Waals surface area contributed by atoms with E-state index in [1.165, 1.54) is 0 Å². The van der Waals surface area contributed by atoms with Gasteiger partial charge in [-0.2, -0.15) is 0 Å². The molecule has 1 aliphatic heterocycles. The predicted octanol–water partition coefficient (Wildman–Crippen LogP) is -0.705. The quantitative estimate of drug-likeness (QED) is 0.359. The molecule has 1 aliphatic rings. The normalized spacial score (nSPS) is 18.3. The summed E-state index contributed by atoms with van der Waals surface area (Å²) >= 11 is 0.